The van der Waals surface area contributed by atoms with E-state index < -0.39 is 16.1 Å². The van der Waals surface area contributed by atoms with E-state index in [1.807, 2.05) is 30.3 Å². The molecule has 2 amide bonds. The lowest BCUT2D eigenvalue weighted by Crippen LogP contribution is -2.48. The van der Waals surface area contributed by atoms with Crippen LogP contribution in [0.1, 0.15) is 18.4 Å². The predicted octanol–water partition coefficient (Wildman–Crippen LogP) is 1.54. The number of fused-ring (bicyclic) bond motifs is 2. The molecule has 1 aromatic carbocycles. The van der Waals surface area contributed by atoms with Crippen LogP contribution in [0.15, 0.2) is 58.0 Å². The van der Waals surface area contributed by atoms with Crippen LogP contribution in [0.5, 0.6) is 5.88 Å². The predicted molar refractivity (Wildman–Crippen MR) is 112 cm³/mol. The van der Waals surface area contributed by atoms with Gasteiger partial charge in [-0.05, 0) is 24.5 Å². The molecule has 0 aliphatic carbocycles. The molecule has 0 unspecified atom stereocenters. The van der Waals surface area contributed by atoms with Gasteiger partial charge in [-0.2, -0.15) is 13.5 Å². The van der Waals surface area contributed by atoms with Gasteiger partial charge in [-0.15, -0.1) is 4.40 Å². The first-order valence-corrected chi connectivity index (χ1v) is 11.2. The Balaban J connectivity index is 1.47. The zero-order valence-electron chi connectivity index (χ0n) is 16.9. The third-order valence-electron chi connectivity index (χ3n) is 5.32. The largest absolute Gasteiger partial charge is 0.481 e. The van der Waals surface area contributed by atoms with Crippen molar-refractivity contribution in [3.63, 3.8) is 0 Å². The first-order valence-electron chi connectivity index (χ1n) is 9.76. The van der Waals surface area contributed by atoms with E-state index >= 15 is 0 Å². The molecular weight excluding hydrogens is 422 g/mol. The summed E-state index contributed by atoms with van der Waals surface area (Å²) in [6.45, 7) is 0.669. The number of nitrogens with zero attached hydrogens (tertiary/aromatic N) is 4. The molecule has 2 aliphatic rings. The minimum atomic E-state index is -4.07. The van der Waals surface area contributed by atoms with E-state index in [1.54, 1.807) is 0 Å². The molecule has 0 radical (unpaired) electrons. The van der Waals surface area contributed by atoms with Crippen molar-refractivity contribution in [1.82, 2.24) is 14.9 Å². The Morgan fingerprint density at radius 3 is 2.68 bits per heavy atom. The van der Waals surface area contributed by atoms with Gasteiger partial charge in [0.25, 0.3) is 10.0 Å². The van der Waals surface area contributed by atoms with Crippen LogP contribution in [0.25, 0.3) is 0 Å². The Bertz CT molecular complexity index is 1070. The van der Waals surface area contributed by atoms with Crippen LogP contribution in [0.2, 0.25) is 0 Å². The second-order valence-corrected chi connectivity index (χ2v) is 8.90. The smallest absolute Gasteiger partial charge is 0.344 e. The first-order chi connectivity index (χ1) is 14.9. The van der Waals surface area contributed by atoms with Crippen molar-refractivity contribution < 1.29 is 22.8 Å². The van der Waals surface area contributed by atoms with Crippen molar-refractivity contribution in [2.24, 2.45) is 10.1 Å². The molecule has 164 valence electrons. The van der Waals surface area contributed by atoms with Crippen molar-refractivity contribution >= 4 is 21.9 Å². The number of pyridine rings is 1. The fourth-order valence-corrected chi connectivity index (χ4v) is 4.65. The molecular formula is C20H23N5O5S. The van der Waals surface area contributed by atoms with Gasteiger partial charge in [-0.25, -0.2) is 9.78 Å². The highest BCUT2D eigenvalue weighted by Crippen LogP contribution is 2.31. The van der Waals surface area contributed by atoms with Gasteiger partial charge in [-0.1, -0.05) is 30.3 Å². The van der Waals surface area contributed by atoms with Gasteiger partial charge >= 0.3 is 6.03 Å². The number of rotatable bonds is 7. The zero-order valence-corrected chi connectivity index (χ0v) is 17.7. The van der Waals surface area contributed by atoms with E-state index in [1.165, 1.54) is 29.2 Å². The van der Waals surface area contributed by atoms with Gasteiger partial charge in [0.05, 0.1) is 25.4 Å². The summed E-state index contributed by atoms with van der Waals surface area (Å²) in [5.41, 5.74) is 7.01. The third kappa shape index (κ3) is 4.32. The van der Waals surface area contributed by atoms with Crippen LogP contribution in [-0.4, -0.2) is 61.0 Å². The maximum absolute atomic E-state index is 12.9. The molecule has 10 nitrogen and oxygen atoms in total. The van der Waals surface area contributed by atoms with Gasteiger partial charge in [0.2, 0.25) is 5.88 Å². The number of carbonyl (C=O) groups excluding carboxylic acids is 1. The molecule has 2 bridgehead atoms. The van der Waals surface area contributed by atoms with Gasteiger partial charge in [-0.3, -0.25) is 4.84 Å². The summed E-state index contributed by atoms with van der Waals surface area (Å²) in [6, 6.07) is 11.2. The Morgan fingerprint density at radius 2 is 2.00 bits per heavy atom. The lowest BCUT2D eigenvalue weighted by Gasteiger charge is -2.29. The number of benzene rings is 1. The number of nitrogens with two attached hydrogens (primary N) is 1. The molecule has 0 saturated carbocycles. The SMILES string of the molecule is COc1ccc(S(=O)(=O)N=C(N)[C@@H]2CC[C@@H]3CN2C(=O)N3OCc2ccccc2)cn1. The molecule has 0 spiro atoms. The van der Waals surface area contributed by atoms with Crippen LogP contribution in [0.4, 0.5) is 4.79 Å². The highest BCUT2D eigenvalue weighted by Gasteiger charge is 2.47. The molecule has 2 N–H and O–H groups in total. The summed E-state index contributed by atoms with van der Waals surface area (Å²) in [5.74, 6) is 0.153. The van der Waals surface area contributed by atoms with Crippen molar-refractivity contribution in [2.45, 2.75) is 36.4 Å². The maximum atomic E-state index is 12.9. The Labute approximate surface area is 180 Å². The highest BCUT2D eigenvalue weighted by molar-refractivity contribution is 7.90. The number of hydrogen-bond donors (Lipinski definition) is 1. The first kappa shape index (κ1) is 21.1. The van der Waals surface area contributed by atoms with E-state index in [0.29, 0.717) is 19.4 Å². The normalized spacial score (nSPS) is 21.5. The summed E-state index contributed by atoms with van der Waals surface area (Å²) >= 11 is 0. The monoisotopic (exact) mass is 445 g/mol. The zero-order chi connectivity index (χ0) is 22.0. The number of hydroxylamine groups is 2. The number of amides is 2. The third-order valence-corrected chi connectivity index (χ3v) is 6.61. The number of methoxy groups -OCH3 is 1. The molecule has 2 saturated heterocycles. The quantitative estimate of drug-likeness (QED) is 0.506. The van der Waals surface area contributed by atoms with E-state index in [4.69, 9.17) is 15.3 Å². The molecule has 2 fully saturated rings. The Morgan fingerprint density at radius 1 is 1.23 bits per heavy atom. The lowest BCUT2D eigenvalue weighted by atomic mass is 10.0. The second-order valence-electron chi connectivity index (χ2n) is 7.29. The number of carbonyl (C=O) groups is 1. The average Bonchev–Trinajstić information content (AvgIpc) is 3.02. The average molecular weight is 446 g/mol. The molecule has 2 atom stereocenters. The number of urea groups is 1. The molecule has 3 heterocycles. The van der Waals surface area contributed by atoms with Crippen LogP contribution < -0.4 is 10.5 Å². The van der Waals surface area contributed by atoms with E-state index in [-0.39, 0.29) is 35.3 Å². The van der Waals surface area contributed by atoms with E-state index in [2.05, 4.69) is 9.38 Å². The summed E-state index contributed by atoms with van der Waals surface area (Å²) in [5, 5.41) is 1.36. The number of piperidine rings is 1. The van der Waals surface area contributed by atoms with E-state index in [9.17, 15) is 13.2 Å². The number of aromatic nitrogens is 1. The Hall–Kier alpha value is -3.18. The highest BCUT2D eigenvalue weighted by atomic mass is 32.2. The van der Waals surface area contributed by atoms with Crippen LogP contribution >= 0.6 is 0 Å². The second kappa shape index (κ2) is 8.52. The molecule has 1 aromatic heterocycles. The van der Waals surface area contributed by atoms with Gasteiger partial charge in [0.1, 0.15) is 17.3 Å². The standard InChI is InChI=1S/C20H23N5O5S/c1-29-18-10-8-16(11-22-18)31(27,28)23-19(21)17-9-7-15-12-24(17)20(26)25(15)30-13-14-5-3-2-4-6-14/h2-6,8,10-11,15,17H,7,9,12-13H2,1H3,(H2,21,23)/t15-,17+/m1/s1. The van der Waals surface area contributed by atoms with Gasteiger partial charge in [0.15, 0.2) is 0 Å². The summed E-state index contributed by atoms with van der Waals surface area (Å²) in [4.78, 5) is 23.9. The molecule has 2 aromatic rings. The van der Waals surface area contributed by atoms with Crippen molar-refractivity contribution in [1.29, 1.82) is 0 Å². The number of ether oxygens (including phenoxy) is 1. The summed E-state index contributed by atoms with van der Waals surface area (Å²) < 4.78 is 33.9. The van der Waals surface area contributed by atoms with Gasteiger partial charge < -0.3 is 15.4 Å². The lowest BCUT2D eigenvalue weighted by molar-refractivity contribution is -0.140. The van der Waals surface area contributed by atoms with Crippen molar-refractivity contribution in [3.8, 4) is 5.88 Å². The van der Waals surface area contributed by atoms with Crippen LogP contribution in [0.3, 0.4) is 0 Å². The number of amidine groups is 1. The summed E-state index contributed by atoms with van der Waals surface area (Å²) in [7, 11) is -2.63. The van der Waals surface area contributed by atoms with Gasteiger partial charge in [0, 0.05) is 12.6 Å². The maximum Gasteiger partial charge on any atom is 0.344 e. The minimum absolute atomic E-state index is 0.106. The minimum Gasteiger partial charge on any atom is -0.481 e. The topological polar surface area (TPSA) is 127 Å². The number of sulfonamides is 1. The fourth-order valence-electron chi connectivity index (χ4n) is 3.72. The number of hydrogen-bond acceptors (Lipinski definition) is 6. The van der Waals surface area contributed by atoms with Crippen molar-refractivity contribution in [2.75, 3.05) is 13.7 Å². The van der Waals surface area contributed by atoms with Crippen LogP contribution in [-0.2, 0) is 21.5 Å². The Kier molecular flexibility index (Phi) is 5.79. The van der Waals surface area contributed by atoms with Crippen molar-refractivity contribution in [3.05, 3.63) is 54.2 Å². The molecule has 4 rings (SSSR count). The van der Waals surface area contributed by atoms with E-state index in [0.717, 1.165) is 11.8 Å². The van der Waals surface area contributed by atoms with Crippen LogP contribution in [0, 0.1) is 0 Å². The fraction of sp³-hybridized carbons (Fsp3) is 0.350. The molecule has 2 aliphatic heterocycles. The summed E-state index contributed by atoms with van der Waals surface area (Å²) in [6.07, 6.45) is 2.28. The molecule has 31 heavy (non-hydrogen) atoms. The molecule has 11 heteroatoms.